The van der Waals surface area contributed by atoms with Gasteiger partial charge in [-0.15, -0.1) is 11.8 Å². The molecule has 8 heteroatoms. The van der Waals surface area contributed by atoms with Crippen LogP contribution < -0.4 is 5.32 Å². The zero-order valence-corrected chi connectivity index (χ0v) is 15.4. The number of rotatable bonds is 6. The number of likely N-dealkylation sites (N-methyl/N-ethyl adjacent to an activating group) is 1. The van der Waals surface area contributed by atoms with Crippen molar-refractivity contribution in [2.24, 2.45) is 0 Å². The molecule has 0 aliphatic carbocycles. The molecule has 1 aromatic carbocycles. The summed E-state index contributed by atoms with van der Waals surface area (Å²) in [4.78, 5) is 27.4. The van der Waals surface area contributed by atoms with Gasteiger partial charge in [-0.1, -0.05) is 6.07 Å². The van der Waals surface area contributed by atoms with Crippen LogP contribution in [-0.2, 0) is 4.79 Å². The largest absolute Gasteiger partial charge is 0.336 e. The lowest BCUT2D eigenvalue weighted by molar-refractivity contribution is -0.128. The number of urea groups is 1. The summed E-state index contributed by atoms with van der Waals surface area (Å²) in [5.74, 6) is -1.18. The third-order valence-electron chi connectivity index (χ3n) is 3.89. The van der Waals surface area contributed by atoms with Crippen molar-refractivity contribution >= 4 is 23.7 Å². The molecule has 1 aliphatic rings. The smallest absolute Gasteiger partial charge is 0.317 e. The Hall–Kier alpha value is -1.83. The molecule has 2 rings (SSSR count). The van der Waals surface area contributed by atoms with Gasteiger partial charge in [-0.3, -0.25) is 4.79 Å². The first kappa shape index (κ1) is 19.5. The van der Waals surface area contributed by atoms with Crippen LogP contribution in [0.2, 0.25) is 0 Å². The standard InChI is InChI=1S/C17H23F2N3O2S/c1-4-21(17(24)20-11(2)3)7-8-22-15(23)10-25-16(22)13-6-5-12(18)9-14(13)19/h5-6,9,11,16H,4,7-8,10H2,1-3H3,(H,20,24). The molecule has 5 nitrogen and oxygen atoms in total. The highest BCUT2D eigenvalue weighted by Crippen LogP contribution is 2.39. The number of amides is 3. The molecule has 1 unspecified atom stereocenters. The number of hydrogen-bond donors (Lipinski definition) is 1. The van der Waals surface area contributed by atoms with Gasteiger partial charge in [0.25, 0.3) is 0 Å². The van der Waals surface area contributed by atoms with Gasteiger partial charge in [0.05, 0.1) is 5.75 Å². The Morgan fingerprint density at radius 3 is 2.76 bits per heavy atom. The summed E-state index contributed by atoms with van der Waals surface area (Å²) >= 11 is 1.30. The first-order valence-electron chi connectivity index (χ1n) is 8.25. The van der Waals surface area contributed by atoms with E-state index in [-0.39, 0.29) is 29.3 Å². The third kappa shape index (κ3) is 4.84. The molecule has 0 saturated carbocycles. The molecular weight excluding hydrogens is 348 g/mol. The highest BCUT2D eigenvalue weighted by Gasteiger charge is 2.34. The number of halogens is 2. The van der Waals surface area contributed by atoms with E-state index in [1.165, 1.54) is 23.9 Å². The lowest BCUT2D eigenvalue weighted by Crippen LogP contribution is -2.46. The zero-order chi connectivity index (χ0) is 18.6. The number of nitrogens with one attached hydrogen (secondary N) is 1. The van der Waals surface area contributed by atoms with Gasteiger partial charge in [0.1, 0.15) is 17.0 Å². The first-order valence-corrected chi connectivity index (χ1v) is 9.29. The topological polar surface area (TPSA) is 52.7 Å². The van der Waals surface area contributed by atoms with E-state index in [0.29, 0.717) is 19.6 Å². The third-order valence-corrected chi connectivity index (χ3v) is 5.13. The van der Waals surface area contributed by atoms with Gasteiger partial charge < -0.3 is 15.1 Å². The quantitative estimate of drug-likeness (QED) is 0.836. The van der Waals surface area contributed by atoms with Gasteiger partial charge in [0.15, 0.2) is 0 Å². The summed E-state index contributed by atoms with van der Waals surface area (Å²) in [6.07, 6.45) is 0. The highest BCUT2D eigenvalue weighted by molar-refractivity contribution is 8.00. The van der Waals surface area contributed by atoms with Crippen LogP contribution >= 0.6 is 11.8 Å². The average Bonchev–Trinajstić information content (AvgIpc) is 2.88. The van der Waals surface area contributed by atoms with Crippen LogP contribution in [0.15, 0.2) is 18.2 Å². The first-order chi connectivity index (χ1) is 11.8. The number of carbonyl (C=O) groups excluding carboxylic acids is 2. The molecule has 1 aliphatic heterocycles. The average molecular weight is 371 g/mol. The van der Waals surface area contributed by atoms with E-state index in [4.69, 9.17) is 0 Å². The summed E-state index contributed by atoms with van der Waals surface area (Å²) in [5, 5.41) is 2.32. The number of thioether (sulfide) groups is 1. The van der Waals surface area contributed by atoms with Crippen molar-refractivity contribution in [1.82, 2.24) is 15.1 Å². The predicted octanol–water partition coefficient (Wildman–Crippen LogP) is 2.98. The normalized spacial score (nSPS) is 17.3. The van der Waals surface area contributed by atoms with Gasteiger partial charge >= 0.3 is 6.03 Å². The molecule has 1 heterocycles. The predicted molar refractivity (Wildman–Crippen MR) is 94.2 cm³/mol. The molecule has 0 spiro atoms. The lowest BCUT2D eigenvalue weighted by atomic mass is 10.2. The summed E-state index contributed by atoms with van der Waals surface area (Å²) in [6.45, 7) is 6.76. The van der Waals surface area contributed by atoms with Crippen molar-refractivity contribution in [3.05, 3.63) is 35.4 Å². The Morgan fingerprint density at radius 1 is 1.44 bits per heavy atom. The van der Waals surface area contributed by atoms with Crippen molar-refractivity contribution < 1.29 is 18.4 Å². The van der Waals surface area contributed by atoms with E-state index in [1.807, 2.05) is 20.8 Å². The zero-order valence-electron chi connectivity index (χ0n) is 14.6. The van der Waals surface area contributed by atoms with E-state index in [0.717, 1.165) is 6.07 Å². The molecule has 1 saturated heterocycles. The maximum Gasteiger partial charge on any atom is 0.317 e. The van der Waals surface area contributed by atoms with Gasteiger partial charge in [-0.25, -0.2) is 13.6 Å². The van der Waals surface area contributed by atoms with Crippen LogP contribution in [0.4, 0.5) is 13.6 Å². The summed E-state index contributed by atoms with van der Waals surface area (Å²) in [5.41, 5.74) is 0.284. The van der Waals surface area contributed by atoms with Crippen LogP contribution in [-0.4, -0.2) is 53.2 Å². The minimum Gasteiger partial charge on any atom is -0.336 e. The van der Waals surface area contributed by atoms with E-state index in [2.05, 4.69) is 5.32 Å². The Bertz CT molecular complexity index is 642. The SMILES string of the molecule is CCN(CCN1C(=O)CSC1c1ccc(F)cc1F)C(=O)NC(C)C. The minimum absolute atomic E-state index is 0.0200. The van der Waals surface area contributed by atoms with Crippen LogP contribution in [0.25, 0.3) is 0 Å². The maximum atomic E-state index is 14.1. The molecule has 0 radical (unpaired) electrons. The Kier molecular flexibility index (Phi) is 6.64. The van der Waals surface area contributed by atoms with E-state index >= 15 is 0 Å². The molecule has 1 fully saturated rings. The van der Waals surface area contributed by atoms with Crippen LogP contribution in [0, 0.1) is 11.6 Å². The lowest BCUT2D eigenvalue weighted by Gasteiger charge is -2.29. The molecule has 138 valence electrons. The molecule has 25 heavy (non-hydrogen) atoms. The fourth-order valence-electron chi connectivity index (χ4n) is 2.63. The van der Waals surface area contributed by atoms with E-state index in [1.54, 1.807) is 9.80 Å². The summed E-state index contributed by atoms with van der Waals surface area (Å²) in [6, 6.07) is 3.21. The number of hydrogen-bond acceptors (Lipinski definition) is 3. The van der Waals surface area contributed by atoms with Crippen LogP contribution in [0.1, 0.15) is 31.7 Å². The van der Waals surface area contributed by atoms with Crippen molar-refractivity contribution in [3.63, 3.8) is 0 Å². The molecule has 3 amide bonds. The van der Waals surface area contributed by atoms with E-state index in [9.17, 15) is 18.4 Å². The molecule has 0 bridgehead atoms. The Morgan fingerprint density at radius 2 is 2.16 bits per heavy atom. The van der Waals surface area contributed by atoms with Crippen molar-refractivity contribution in [1.29, 1.82) is 0 Å². The van der Waals surface area contributed by atoms with Gasteiger partial charge in [-0.05, 0) is 26.8 Å². The Balaban J connectivity index is 2.07. The maximum absolute atomic E-state index is 14.1. The second kappa shape index (κ2) is 8.51. The van der Waals surface area contributed by atoms with Crippen molar-refractivity contribution in [2.45, 2.75) is 32.2 Å². The monoisotopic (exact) mass is 371 g/mol. The fourth-order valence-corrected chi connectivity index (χ4v) is 3.87. The Labute approximate surface area is 150 Å². The molecular formula is C17H23F2N3O2S. The van der Waals surface area contributed by atoms with E-state index < -0.39 is 17.0 Å². The van der Waals surface area contributed by atoms with Gasteiger partial charge in [-0.2, -0.15) is 0 Å². The van der Waals surface area contributed by atoms with Crippen LogP contribution in [0.5, 0.6) is 0 Å². The summed E-state index contributed by atoms with van der Waals surface area (Å²) < 4.78 is 27.2. The highest BCUT2D eigenvalue weighted by atomic mass is 32.2. The second-order valence-corrected chi connectivity index (χ2v) is 7.17. The molecule has 1 atom stereocenters. The molecule has 1 N–H and O–H groups in total. The minimum atomic E-state index is -0.665. The number of benzene rings is 1. The van der Waals surface area contributed by atoms with Crippen molar-refractivity contribution in [2.75, 3.05) is 25.4 Å². The summed E-state index contributed by atoms with van der Waals surface area (Å²) in [7, 11) is 0. The second-order valence-electron chi connectivity index (χ2n) is 6.10. The van der Waals surface area contributed by atoms with Crippen LogP contribution in [0.3, 0.4) is 0 Å². The van der Waals surface area contributed by atoms with Crippen molar-refractivity contribution in [3.8, 4) is 0 Å². The fraction of sp³-hybridized carbons (Fsp3) is 0.529. The van der Waals surface area contributed by atoms with Gasteiger partial charge in [0.2, 0.25) is 5.91 Å². The number of nitrogens with zero attached hydrogens (tertiary/aromatic N) is 2. The molecule has 1 aromatic rings. The number of carbonyl (C=O) groups is 2. The molecule has 0 aromatic heterocycles. The van der Waals surface area contributed by atoms with Gasteiger partial charge in [0, 0.05) is 37.3 Å².